The quantitative estimate of drug-likeness (QED) is 0.776. The number of nitrogens with one attached hydrogen (secondary N) is 1. The van der Waals surface area contributed by atoms with E-state index in [1.165, 1.54) is 0 Å². The highest BCUT2D eigenvalue weighted by molar-refractivity contribution is 6.29. The largest absolute Gasteiger partial charge is 0.497 e. The number of halogens is 1. The molecule has 19 heavy (non-hydrogen) atoms. The van der Waals surface area contributed by atoms with Crippen molar-refractivity contribution in [1.29, 1.82) is 0 Å². The van der Waals surface area contributed by atoms with Gasteiger partial charge in [0.2, 0.25) is 0 Å². The van der Waals surface area contributed by atoms with Crippen molar-refractivity contribution in [3.05, 3.63) is 41.2 Å². The van der Waals surface area contributed by atoms with Crippen molar-refractivity contribution >= 4 is 22.5 Å². The molecule has 4 nitrogen and oxygen atoms in total. The lowest BCUT2D eigenvalue weighted by Gasteiger charge is -2.02. The van der Waals surface area contributed by atoms with Gasteiger partial charge >= 0.3 is 0 Å². The van der Waals surface area contributed by atoms with Crippen LogP contribution in [0.25, 0.3) is 22.2 Å². The van der Waals surface area contributed by atoms with E-state index in [1.54, 1.807) is 13.2 Å². The number of H-pyrrole nitrogens is 1. The van der Waals surface area contributed by atoms with E-state index in [9.17, 15) is 0 Å². The smallest absolute Gasteiger partial charge is 0.151 e. The molecule has 0 amide bonds. The fourth-order valence-corrected chi connectivity index (χ4v) is 2.31. The second-order valence-electron chi connectivity index (χ2n) is 4.28. The summed E-state index contributed by atoms with van der Waals surface area (Å²) in [5.74, 6) is 0.815. The molecule has 1 aromatic carbocycles. The molecule has 0 radical (unpaired) electrons. The van der Waals surface area contributed by atoms with E-state index in [0.717, 1.165) is 33.6 Å². The summed E-state index contributed by atoms with van der Waals surface area (Å²) < 4.78 is 5.27. The van der Waals surface area contributed by atoms with Gasteiger partial charge in [-0.2, -0.15) is 0 Å². The Kier molecular flexibility index (Phi) is 2.87. The summed E-state index contributed by atoms with van der Waals surface area (Å²) in [5, 5.41) is 9.49. The molecule has 2 heterocycles. The van der Waals surface area contributed by atoms with Gasteiger partial charge < -0.3 is 9.72 Å². The molecule has 0 fully saturated rings. The number of aromatic amines is 1. The molecule has 0 aliphatic heterocycles. The molecular formula is C14H12ClN3O. The van der Waals surface area contributed by atoms with Crippen molar-refractivity contribution in [2.45, 2.75) is 6.92 Å². The van der Waals surface area contributed by atoms with Gasteiger partial charge in [-0.15, -0.1) is 10.2 Å². The average molecular weight is 274 g/mol. The minimum Gasteiger partial charge on any atom is -0.497 e. The second kappa shape index (κ2) is 4.55. The fraction of sp³-hybridized carbons (Fsp3) is 0.143. The first kappa shape index (κ1) is 12.0. The molecule has 0 atom stereocenters. The van der Waals surface area contributed by atoms with Gasteiger partial charge in [-0.05, 0) is 37.3 Å². The number of methoxy groups -OCH3 is 1. The zero-order valence-electron chi connectivity index (χ0n) is 10.6. The van der Waals surface area contributed by atoms with Gasteiger partial charge in [0.1, 0.15) is 5.75 Å². The van der Waals surface area contributed by atoms with E-state index in [2.05, 4.69) is 15.2 Å². The maximum absolute atomic E-state index is 5.78. The number of hydrogen-bond acceptors (Lipinski definition) is 3. The van der Waals surface area contributed by atoms with Crippen LogP contribution in [-0.4, -0.2) is 22.3 Å². The van der Waals surface area contributed by atoms with Crippen LogP contribution >= 0.6 is 11.6 Å². The lowest BCUT2D eigenvalue weighted by atomic mass is 10.1. The molecule has 3 rings (SSSR count). The molecule has 0 spiro atoms. The molecule has 2 aromatic heterocycles. The number of benzene rings is 1. The molecule has 0 aliphatic rings. The molecule has 0 unspecified atom stereocenters. The number of nitrogens with zero attached hydrogens (tertiary/aromatic N) is 2. The summed E-state index contributed by atoms with van der Waals surface area (Å²) in [6.07, 6.45) is 0. The summed E-state index contributed by atoms with van der Waals surface area (Å²) >= 11 is 5.78. The van der Waals surface area contributed by atoms with Crippen LogP contribution in [-0.2, 0) is 0 Å². The zero-order chi connectivity index (χ0) is 13.4. The van der Waals surface area contributed by atoms with Gasteiger partial charge in [0.05, 0.1) is 12.8 Å². The van der Waals surface area contributed by atoms with Crippen molar-refractivity contribution in [3.8, 4) is 17.0 Å². The highest BCUT2D eigenvalue weighted by atomic mass is 35.5. The average Bonchev–Trinajstić information content (AvgIpc) is 2.75. The Morgan fingerprint density at radius 1 is 1.16 bits per heavy atom. The van der Waals surface area contributed by atoms with Crippen molar-refractivity contribution in [2.75, 3.05) is 7.11 Å². The first-order valence-electron chi connectivity index (χ1n) is 5.85. The Morgan fingerprint density at radius 2 is 2.00 bits per heavy atom. The third-order valence-electron chi connectivity index (χ3n) is 3.08. The molecular weight excluding hydrogens is 262 g/mol. The first-order valence-corrected chi connectivity index (χ1v) is 6.23. The Hall–Kier alpha value is -2.07. The standard InChI is InChI=1S/C14H12ClN3O/c1-8-14(12-5-6-13(15)18-17-12)10-7-9(19-2)3-4-11(10)16-8/h3-7,16H,1-2H3. The molecule has 1 N–H and O–H groups in total. The van der Waals surface area contributed by atoms with E-state index in [1.807, 2.05) is 31.2 Å². The van der Waals surface area contributed by atoms with Gasteiger partial charge in [-0.1, -0.05) is 11.6 Å². The topological polar surface area (TPSA) is 50.8 Å². The minimum absolute atomic E-state index is 0.388. The van der Waals surface area contributed by atoms with Gasteiger partial charge in [0, 0.05) is 22.2 Å². The minimum atomic E-state index is 0.388. The second-order valence-corrected chi connectivity index (χ2v) is 4.67. The van der Waals surface area contributed by atoms with Crippen molar-refractivity contribution in [3.63, 3.8) is 0 Å². The van der Waals surface area contributed by atoms with Crippen LogP contribution in [0.1, 0.15) is 5.69 Å². The van der Waals surface area contributed by atoms with Gasteiger partial charge in [-0.25, -0.2) is 0 Å². The predicted octanol–water partition coefficient (Wildman–Crippen LogP) is 3.60. The summed E-state index contributed by atoms with van der Waals surface area (Å²) in [6, 6.07) is 9.51. The molecule has 5 heteroatoms. The SMILES string of the molecule is COc1ccc2[nH]c(C)c(-c3ccc(Cl)nn3)c2c1. The van der Waals surface area contributed by atoms with E-state index in [-0.39, 0.29) is 0 Å². The molecule has 0 bridgehead atoms. The third kappa shape index (κ3) is 2.04. The van der Waals surface area contributed by atoms with E-state index >= 15 is 0 Å². The highest BCUT2D eigenvalue weighted by Crippen LogP contribution is 2.33. The number of rotatable bonds is 2. The van der Waals surface area contributed by atoms with Crippen LogP contribution < -0.4 is 4.74 Å². The van der Waals surface area contributed by atoms with Crippen molar-refractivity contribution in [1.82, 2.24) is 15.2 Å². The molecule has 0 saturated carbocycles. The lowest BCUT2D eigenvalue weighted by Crippen LogP contribution is -1.88. The van der Waals surface area contributed by atoms with Crippen molar-refractivity contribution < 1.29 is 4.74 Å². The maximum Gasteiger partial charge on any atom is 0.151 e. The van der Waals surface area contributed by atoms with Crippen LogP contribution in [0.2, 0.25) is 5.15 Å². The monoisotopic (exact) mass is 273 g/mol. The van der Waals surface area contributed by atoms with Crippen LogP contribution in [0, 0.1) is 6.92 Å². The van der Waals surface area contributed by atoms with Crippen LogP contribution in [0.4, 0.5) is 0 Å². The number of aryl methyl sites for hydroxylation is 1. The Labute approximate surface area is 115 Å². The molecule has 0 aliphatic carbocycles. The number of hydrogen-bond donors (Lipinski definition) is 1. The van der Waals surface area contributed by atoms with Gasteiger partial charge in [0.25, 0.3) is 0 Å². The summed E-state index contributed by atoms with van der Waals surface area (Å²) in [6.45, 7) is 2.01. The van der Waals surface area contributed by atoms with Crippen LogP contribution in [0.15, 0.2) is 30.3 Å². The highest BCUT2D eigenvalue weighted by Gasteiger charge is 2.13. The normalized spacial score (nSPS) is 10.9. The zero-order valence-corrected chi connectivity index (χ0v) is 11.3. The van der Waals surface area contributed by atoms with Crippen molar-refractivity contribution in [2.24, 2.45) is 0 Å². The summed E-state index contributed by atoms with van der Waals surface area (Å²) in [5.41, 5.74) is 3.91. The first-order chi connectivity index (χ1) is 9.19. The Balaban J connectivity index is 2.26. The Morgan fingerprint density at radius 3 is 2.68 bits per heavy atom. The molecule has 3 aromatic rings. The molecule has 96 valence electrons. The predicted molar refractivity (Wildman–Crippen MR) is 75.6 cm³/mol. The number of ether oxygens (including phenoxy) is 1. The van der Waals surface area contributed by atoms with E-state index in [4.69, 9.17) is 16.3 Å². The van der Waals surface area contributed by atoms with Crippen LogP contribution in [0.5, 0.6) is 5.75 Å². The van der Waals surface area contributed by atoms with E-state index < -0.39 is 0 Å². The fourth-order valence-electron chi connectivity index (χ4n) is 2.21. The van der Waals surface area contributed by atoms with Gasteiger partial charge in [-0.3, -0.25) is 0 Å². The lowest BCUT2D eigenvalue weighted by molar-refractivity contribution is 0.415. The number of fused-ring (bicyclic) bond motifs is 1. The molecule has 0 saturated heterocycles. The Bertz CT molecular complexity index is 734. The van der Waals surface area contributed by atoms with E-state index in [0.29, 0.717) is 5.15 Å². The number of aromatic nitrogens is 3. The van der Waals surface area contributed by atoms with Crippen LogP contribution in [0.3, 0.4) is 0 Å². The third-order valence-corrected chi connectivity index (χ3v) is 3.28. The maximum atomic E-state index is 5.78. The van der Waals surface area contributed by atoms with Gasteiger partial charge in [0.15, 0.2) is 5.15 Å². The summed E-state index contributed by atoms with van der Waals surface area (Å²) in [4.78, 5) is 3.34. The summed E-state index contributed by atoms with van der Waals surface area (Å²) in [7, 11) is 1.66.